The fourth-order valence-electron chi connectivity index (χ4n) is 1.97. The van der Waals surface area contributed by atoms with Crippen LogP contribution in [0.1, 0.15) is 32.6 Å². The number of ether oxygens (including phenoxy) is 2. The number of nitrogens with two attached hydrogens (primary N) is 1. The molecule has 0 heterocycles. The molecule has 0 amide bonds. The maximum atomic E-state index is 5.88. The zero-order chi connectivity index (χ0) is 14.2. The first-order chi connectivity index (χ1) is 9.78. The van der Waals surface area contributed by atoms with Crippen LogP contribution in [0.15, 0.2) is 18.2 Å². The molecule has 0 radical (unpaired) electrons. The first kappa shape index (κ1) is 15.0. The van der Waals surface area contributed by atoms with Gasteiger partial charge in [-0.1, -0.05) is 6.92 Å². The summed E-state index contributed by atoms with van der Waals surface area (Å²) < 4.78 is 11.2. The molecule has 1 fully saturated rings. The Morgan fingerprint density at radius 1 is 1.25 bits per heavy atom. The molecule has 3 N–H and O–H groups in total. The summed E-state index contributed by atoms with van der Waals surface area (Å²) in [6.07, 6.45) is 4.70. The topological polar surface area (TPSA) is 56.5 Å². The molecule has 1 aromatic carbocycles. The van der Waals surface area contributed by atoms with Gasteiger partial charge < -0.3 is 20.5 Å². The van der Waals surface area contributed by atoms with E-state index in [-0.39, 0.29) is 0 Å². The predicted octanol–water partition coefficient (Wildman–Crippen LogP) is 3.29. The van der Waals surface area contributed by atoms with Crippen molar-refractivity contribution in [2.24, 2.45) is 5.92 Å². The molecule has 20 heavy (non-hydrogen) atoms. The Morgan fingerprint density at radius 3 is 2.85 bits per heavy atom. The van der Waals surface area contributed by atoms with Crippen molar-refractivity contribution in [1.29, 1.82) is 0 Å². The van der Waals surface area contributed by atoms with Crippen molar-refractivity contribution in [2.75, 3.05) is 37.4 Å². The molecule has 0 bridgehead atoms. The lowest BCUT2D eigenvalue weighted by Crippen LogP contribution is -2.07. The molecule has 0 aromatic heterocycles. The van der Waals surface area contributed by atoms with Crippen LogP contribution in [-0.2, 0) is 4.74 Å². The molecule has 1 aromatic rings. The molecule has 0 unspecified atom stereocenters. The number of hydrogen-bond donors (Lipinski definition) is 2. The molecular formula is C16H26N2O2. The van der Waals surface area contributed by atoms with Crippen LogP contribution in [0.25, 0.3) is 0 Å². The number of rotatable bonds is 10. The minimum Gasteiger partial charge on any atom is -0.493 e. The van der Waals surface area contributed by atoms with E-state index in [2.05, 4.69) is 12.2 Å². The molecule has 4 nitrogen and oxygen atoms in total. The molecule has 1 saturated carbocycles. The molecule has 0 spiro atoms. The van der Waals surface area contributed by atoms with E-state index < -0.39 is 0 Å². The summed E-state index contributed by atoms with van der Waals surface area (Å²) in [7, 11) is 0. The van der Waals surface area contributed by atoms with Gasteiger partial charge in [0, 0.05) is 43.3 Å². The lowest BCUT2D eigenvalue weighted by atomic mass is 10.2. The van der Waals surface area contributed by atoms with Crippen LogP contribution in [0.5, 0.6) is 5.75 Å². The lowest BCUT2D eigenvalue weighted by Gasteiger charge is -2.11. The second-order valence-corrected chi connectivity index (χ2v) is 5.44. The molecule has 0 atom stereocenters. The number of benzene rings is 1. The van der Waals surface area contributed by atoms with Crippen molar-refractivity contribution in [1.82, 2.24) is 0 Å². The summed E-state index contributed by atoms with van der Waals surface area (Å²) >= 11 is 0. The second kappa shape index (κ2) is 8.00. The first-order valence-electron chi connectivity index (χ1n) is 7.63. The summed E-state index contributed by atoms with van der Waals surface area (Å²) in [5.41, 5.74) is 7.62. The maximum Gasteiger partial charge on any atom is 0.123 e. The van der Waals surface area contributed by atoms with Crippen molar-refractivity contribution < 1.29 is 9.47 Å². The first-order valence-corrected chi connectivity index (χ1v) is 7.63. The van der Waals surface area contributed by atoms with E-state index in [4.69, 9.17) is 15.2 Å². The van der Waals surface area contributed by atoms with Crippen molar-refractivity contribution in [2.45, 2.75) is 32.6 Å². The maximum absolute atomic E-state index is 5.88. The third-order valence-corrected chi connectivity index (χ3v) is 3.25. The Balaban J connectivity index is 1.66. The van der Waals surface area contributed by atoms with Gasteiger partial charge in [-0.2, -0.15) is 0 Å². The van der Waals surface area contributed by atoms with E-state index in [0.717, 1.165) is 62.2 Å². The average molecular weight is 278 g/mol. The van der Waals surface area contributed by atoms with E-state index in [0.29, 0.717) is 0 Å². The summed E-state index contributed by atoms with van der Waals surface area (Å²) in [4.78, 5) is 0. The van der Waals surface area contributed by atoms with Gasteiger partial charge in [0.15, 0.2) is 0 Å². The molecule has 0 aliphatic heterocycles. The van der Waals surface area contributed by atoms with Crippen LogP contribution in [0.2, 0.25) is 0 Å². The largest absolute Gasteiger partial charge is 0.493 e. The molecule has 0 saturated heterocycles. The van der Waals surface area contributed by atoms with E-state index in [1.165, 1.54) is 12.8 Å². The summed E-state index contributed by atoms with van der Waals surface area (Å²) in [6.45, 7) is 5.46. The van der Waals surface area contributed by atoms with Crippen molar-refractivity contribution in [3.8, 4) is 5.75 Å². The highest BCUT2D eigenvalue weighted by molar-refractivity contribution is 5.59. The zero-order valence-corrected chi connectivity index (χ0v) is 12.4. The van der Waals surface area contributed by atoms with Crippen LogP contribution >= 0.6 is 0 Å². The second-order valence-electron chi connectivity index (χ2n) is 5.44. The number of hydrogen-bond acceptors (Lipinski definition) is 4. The lowest BCUT2D eigenvalue weighted by molar-refractivity contribution is 0.124. The van der Waals surface area contributed by atoms with Crippen LogP contribution < -0.4 is 15.8 Å². The molecular weight excluding hydrogens is 252 g/mol. The van der Waals surface area contributed by atoms with E-state index in [9.17, 15) is 0 Å². The van der Waals surface area contributed by atoms with Gasteiger partial charge in [0.1, 0.15) is 5.75 Å². The van der Waals surface area contributed by atoms with Gasteiger partial charge in [-0.15, -0.1) is 0 Å². The Hall–Kier alpha value is -1.42. The Morgan fingerprint density at radius 2 is 2.10 bits per heavy atom. The van der Waals surface area contributed by atoms with Gasteiger partial charge in [0.25, 0.3) is 0 Å². The van der Waals surface area contributed by atoms with Crippen molar-refractivity contribution in [3.05, 3.63) is 18.2 Å². The summed E-state index contributed by atoms with van der Waals surface area (Å²) in [5.74, 6) is 1.68. The SMILES string of the molecule is CCCOc1cc(N)cc(NCCCOCC2CC2)c1. The van der Waals surface area contributed by atoms with Gasteiger partial charge in [0.2, 0.25) is 0 Å². The van der Waals surface area contributed by atoms with Gasteiger partial charge in [-0.3, -0.25) is 0 Å². The fraction of sp³-hybridized carbons (Fsp3) is 0.625. The Kier molecular flexibility index (Phi) is 5.99. The highest BCUT2D eigenvalue weighted by atomic mass is 16.5. The normalized spacial score (nSPS) is 14.2. The third kappa shape index (κ3) is 5.70. The van der Waals surface area contributed by atoms with Gasteiger partial charge in [-0.05, 0) is 37.7 Å². The predicted molar refractivity (Wildman–Crippen MR) is 83.3 cm³/mol. The minimum absolute atomic E-state index is 0.720. The minimum atomic E-state index is 0.720. The van der Waals surface area contributed by atoms with Crippen molar-refractivity contribution >= 4 is 11.4 Å². The standard InChI is InChI=1S/C16H26N2O2/c1-2-7-20-16-10-14(17)9-15(11-16)18-6-3-8-19-12-13-4-5-13/h9-11,13,18H,2-8,12,17H2,1H3. The Bertz CT molecular complexity index is 405. The van der Waals surface area contributed by atoms with Crippen molar-refractivity contribution in [3.63, 3.8) is 0 Å². The van der Waals surface area contributed by atoms with E-state index in [1.807, 2.05) is 18.2 Å². The highest BCUT2D eigenvalue weighted by Gasteiger charge is 2.20. The number of nitrogens with one attached hydrogen (secondary N) is 1. The number of nitrogen functional groups attached to an aromatic ring is 1. The smallest absolute Gasteiger partial charge is 0.123 e. The molecule has 1 aliphatic carbocycles. The number of anilines is 2. The summed E-state index contributed by atoms with van der Waals surface area (Å²) in [6, 6.07) is 5.79. The van der Waals surface area contributed by atoms with Crippen LogP contribution in [-0.4, -0.2) is 26.4 Å². The highest BCUT2D eigenvalue weighted by Crippen LogP contribution is 2.28. The summed E-state index contributed by atoms with van der Waals surface area (Å²) in [5, 5.41) is 3.37. The zero-order valence-electron chi connectivity index (χ0n) is 12.4. The van der Waals surface area contributed by atoms with Crippen LogP contribution in [0.4, 0.5) is 11.4 Å². The average Bonchev–Trinajstić information content (AvgIpc) is 3.24. The van der Waals surface area contributed by atoms with Gasteiger partial charge in [0.05, 0.1) is 6.61 Å². The third-order valence-electron chi connectivity index (χ3n) is 3.25. The monoisotopic (exact) mass is 278 g/mol. The van der Waals surface area contributed by atoms with Gasteiger partial charge >= 0.3 is 0 Å². The molecule has 4 heteroatoms. The Labute approximate surface area is 121 Å². The molecule has 1 aliphatic rings. The molecule has 112 valence electrons. The van der Waals surface area contributed by atoms with Gasteiger partial charge in [-0.25, -0.2) is 0 Å². The van der Waals surface area contributed by atoms with Crippen LogP contribution in [0.3, 0.4) is 0 Å². The van der Waals surface area contributed by atoms with E-state index >= 15 is 0 Å². The van der Waals surface area contributed by atoms with Crippen LogP contribution in [0, 0.1) is 5.92 Å². The van der Waals surface area contributed by atoms with E-state index in [1.54, 1.807) is 0 Å². The molecule has 2 rings (SSSR count). The quantitative estimate of drug-likeness (QED) is 0.509. The fourth-order valence-corrected chi connectivity index (χ4v) is 1.97.